The van der Waals surface area contributed by atoms with Crippen LogP contribution in [0.4, 0.5) is 10.5 Å². The number of benzene rings is 2. The molecule has 1 heterocycles. The van der Waals surface area contributed by atoms with E-state index in [1.807, 2.05) is 24.3 Å². The SMILES string of the molecule is CC(C)COc1ccc(/C=C2/SC(=O)N(c3cccc(Cl)c3)C2=O)cc1. The molecule has 4 nitrogen and oxygen atoms in total. The Morgan fingerprint density at radius 3 is 2.54 bits per heavy atom. The van der Waals surface area contributed by atoms with Crippen LogP contribution in [0, 0.1) is 5.92 Å². The largest absolute Gasteiger partial charge is 0.493 e. The molecule has 0 N–H and O–H groups in total. The number of amides is 2. The Morgan fingerprint density at radius 1 is 1.15 bits per heavy atom. The van der Waals surface area contributed by atoms with Crippen molar-refractivity contribution < 1.29 is 14.3 Å². The Balaban J connectivity index is 1.77. The molecule has 6 heteroatoms. The molecule has 2 aromatic rings. The zero-order valence-electron chi connectivity index (χ0n) is 14.4. The third kappa shape index (κ3) is 4.29. The van der Waals surface area contributed by atoms with Crippen LogP contribution < -0.4 is 9.64 Å². The summed E-state index contributed by atoms with van der Waals surface area (Å²) in [7, 11) is 0. The average molecular weight is 388 g/mol. The standard InChI is InChI=1S/C20H18ClNO3S/c1-13(2)12-25-17-8-6-14(7-9-17)10-18-19(23)22(20(24)26-18)16-5-3-4-15(21)11-16/h3-11,13H,12H2,1-2H3/b18-10+. The van der Waals surface area contributed by atoms with Crippen LogP contribution in [0.5, 0.6) is 5.75 Å². The molecule has 1 saturated heterocycles. The molecule has 134 valence electrons. The maximum Gasteiger partial charge on any atom is 0.298 e. The number of nitrogens with zero attached hydrogens (tertiary/aromatic N) is 1. The molecule has 2 amide bonds. The van der Waals surface area contributed by atoms with Crippen molar-refractivity contribution in [2.45, 2.75) is 13.8 Å². The lowest BCUT2D eigenvalue weighted by atomic mass is 10.2. The summed E-state index contributed by atoms with van der Waals surface area (Å²) in [6.07, 6.45) is 1.71. The Morgan fingerprint density at radius 2 is 1.88 bits per heavy atom. The molecule has 0 spiro atoms. The fourth-order valence-electron chi connectivity index (χ4n) is 2.38. The second kappa shape index (κ2) is 7.98. The first kappa shape index (κ1) is 18.5. The van der Waals surface area contributed by atoms with Crippen LogP contribution in [0.15, 0.2) is 53.4 Å². The van der Waals surface area contributed by atoms with Crippen LogP contribution in [-0.2, 0) is 4.79 Å². The zero-order chi connectivity index (χ0) is 18.7. The summed E-state index contributed by atoms with van der Waals surface area (Å²) in [4.78, 5) is 26.4. The fraction of sp³-hybridized carbons (Fsp3) is 0.200. The van der Waals surface area contributed by atoms with Crippen molar-refractivity contribution in [1.82, 2.24) is 0 Å². The summed E-state index contributed by atoms with van der Waals surface area (Å²) in [6, 6.07) is 14.1. The zero-order valence-corrected chi connectivity index (χ0v) is 16.0. The minimum atomic E-state index is -0.345. The van der Waals surface area contributed by atoms with E-state index in [9.17, 15) is 9.59 Å². The van der Waals surface area contributed by atoms with Crippen LogP contribution in [0.25, 0.3) is 6.08 Å². The van der Waals surface area contributed by atoms with Crippen molar-refractivity contribution in [3.05, 3.63) is 64.0 Å². The summed E-state index contributed by atoms with van der Waals surface area (Å²) in [5.74, 6) is 0.887. The van der Waals surface area contributed by atoms with Crippen molar-refractivity contribution >= 4 is 46.3 Å². The van der Waals surface area contributed by atoms with Gasteiger partial charge >= 0.3 is 0 Å². The molecule has 0 atom stereocenters. The lowest BCUT2D eigenvalue weighted by Gasteiger charge is -2.12. The number of halogens is 1. The quantitative estimate of drug-likeness (QED) is 0.625. The number of hydrogen-bond donors (Lipinski definition) is 0. The summed E-state index contributed by atoms with van der Waals surface area (Å²) >= 11 is 6.88. The lowest BCUT2D eigenvalue weighted by Crippen LogP contribution is -2.27. The molecular formula is C20H18ClNO3S. The van der Waals surface area contributed by atoms with E-state index in [0.29, 0.717) is 28.1 Å². The summed E-state index contributed by atoms with van der Waals surface area (Å²) in [5, 5.41) is 0.142. The van der Waals surface area contributed by atoms with Gasteiger partial charge in [-0.2, -0.15) is 0 Å². The van der Waals surface area contributed by atoms with Crippen LogP contribution in [-0.4, -0.2) is 17.8 Å². The molecule has 0 saturated carbocycles. The third-order valence-electron chi connectivity index (χ3n) is 3.62. The van der Waals surface area contributed by atoms with Crippen molar-refractivity contribution in [1.29, 1.82) is 0 Å². The second-order valence-corrected chi connectivity index (χ2v) is 7.70. The maximum atomic E-state index is 12.6. The van der Waals surface area contributed by atoms with E-state index in [4.69, 9.17) is 16.3 Å². The Bertz CT molecular complexity index is 862. The number of carbonyl (C=O) groups is 2. The van der Waals surface area contributed by atoms with E-state index in [0.717, 1.165) is 28.0 Å². The van der Waals surface area contributed by atoms with Gasteiger partial charge in [0, 0.05) is 5.02 Å². The van der Waals surface area contributed by atoms with Gasteiger partial charge in [-0.3, -0.25) is 9.59 Å². The summed E-state index contributed by atoms with van der Waals surface area (Å²) in [5.41, 5.74) is 1.30. The minimum Gasteiger partial charge on any atom is -0.493 e. The van der Waals surface area contributed by atoms with Gasteiger partial charge in [-0.05, 0) is 59.7 Å². The lowest BCUT2D eigenvalue weighted by molar-refractivity contribution is -0.113. The van der Waals surface area contributed by atoms with Crippen LogP contribution in [0.2, 0.25) is 5.02 Å². The van der Waals surface area contributed by atoms with Crippen molar-refractivity contribution in [2.24, 2.45) is 5.92 Å². The molecule has 0 unspecified atom stereocenters. The van der Waals surface area contributed by atoms with E-state index in [1.54, 1.807) is 30.3 Å². The summed E-state index contributed by atoms with van der Waals surface area (Å²) < 4.78 is 5.65. The number of rotatable bonds is 5. The molecular weight excluding hydrogens is 370 g/mol. The van der Waals surface area contributed by atoms with Gasteiger partial charge in [0.1, 0.15) is 5.75 Å². The highest BCUT2D eigenvalue weighted by Crippen LogP contribution is 2.36. The van der Waals surface area contributed by atoms with Gasteiger partial charge in [0.2, 0.25) is 0 Å². The molecule has 1 aliphatic heterocycles. The van der Waals surface area contributed by atoms with Gasteiger partial charge in [-0.25, -0.2) is 4.90 Å². The normalized spacial score (nSPS) is 16.0. The predicted octanol–water partition coefficient (Wildman–Crippen LogP) is 5.62. The van der Waals surface area contributed by atoms with Crippen LogP contribution in [0.3, 0.4) is 0 Å². The van der Waals surface area contributed by atoms with Gasteiger partial charge in [0.05, 0.1) is 17.2 Å². The van der Waals surface area contributed by atoms with E-state index >= 15 is 0 Å². The van der Waals surface area contributed by atoms with Gasteiger partial charge in [-0.1, -0.05) is 43.6 Å². The van der Waals surface area contributed by atoms with E-state index < -0.39 is 0 Å². The van der Waals surface area contributed by atoms with Crippen molar-refractivity contribution in [2.75, 3.05) is 11.5 Å². The number of imide groups is 1. The molecule has 0 radical (unpaired) electrons. The number of ether oxygens (including phenoxy) is 1. The fourth-order valence-corrected chi connectivity index (χ4v) is 3.41. The highest BCUT2D eigenvalue weighted by atomic mass is 35.5. The molecule has 2 aromatic carbocycles. The highest BCUT2D eigenvalue weighted by Gasteiger charge is 2.36. The molecule has 26 heavy (non-hydrogen) atoms. The van der Waals surface area contributed by atoms with Crippen LogP contribution >= 0.6 is 23.4 Å². The first-order chi connectivity index (χ1) is 12.4. The predicted molar refractivity (Wildman–Crippen MR) is 107 cm³/mol. The van der Waals surface area contributed by atoms with Gasteiger partial charge < -0.3 is 4.74 Å². The molecule has 0 aliphatic carbocycles. The van der Waals surface area contributed by atoms with E-state index in [1.165, 1.54) is 0 Å². The Hall–Kier alpha value is -2.24. The second-order valence-electron chi connectivity index (χ2n) is 6.27. The van der Waals surface area contributed by atoms with Crippen LogP contribution in [0.1, 0.15) is 19.4 Å². The highest BCUT2D eigenvalue weighted by molar-refractivity contribution is 8.19. The summed E-state index contributed by atoms with van der Waals surface area (Å²) in [6.45, 7) is 4.83. The first-order valence-electron chi connectivity index (χ1n) is 8.20. The monoisotopic (exact) mass is 387 g/mol. The maximum absolute atomic E-state index is 12.6. The smallest absolute Gasteiger partial charge is 0.298 e. The Labute approximate surface area is 161 Å². The first-order valence-corrected chi connectivity index (χ1v) is 9.40. The number of anilines is 1. The van der Waals surface area contributed by atoms with Gasteiger partial charge in [0.25, 0.3) is 11.1 Å². The molecule has 1 aliphatic rings. The number of carbonyl (C=O) groups excluding carboxylic acids is 2. The number of thioether (sulfide) groups is 1. The number of hydrogen-bond acceptors (Lipinski definition) is 4. The minimum absolute atomic E-state index is 0.333. The van der Waals surface area contributed by atoms with Crippen molar-refractivity contribution in [3.8, 4) is 5.75 Å². The molecule has 1 fully saturated rings. The average Bonchev–Trinajstić information content (AvgIpc) is 2.88. The van der Waals surface area contributed by atoms with Gasteiger partial charge in [0.15, 0.2) is 0 Å². The topological polar surface area (TPSA) is 46.6 Å². The van der Waals surface area contributed by atoms with E-state index in [2.05, 4.69) is 13.8 Å². The molecule has 0 aromatic heterocycles. The Kier molecular flexibility index (Phi) is 5.69. The third-order valence-corrected chi connectivity index (χ3v) is 4.73. The molecule has 3 rings (SSSR count). The van der Waals surface area contributed by atoms with Crippen molar-refractivity contribution in [3.63, 3.8) is 0 Å². The molecule has 0 bridgehead atoms. The van der Waals surface area contributed by atoms with Gasteiger partial charge in [-0.15, -0.1) is 0 Å². The van der Waals surface area contributed by atoms with E-state index in [-0.39, 0.29) is 11.1 Å².